The van der Waals surface area contributed by atoms with Crippen molar-refractivity contribution >= 4 is 5.91 Å². The Morgan fingerprint density at radius 1 is 1.00 bits per heavy atom. The smallest absolute Gasteiger partial charge is 0.249 e. The highest BCUT2D eigenvalue weighted by Crippen LogP contribution is 2.20. The number of carbonyl (C=O) groups is 1. The highest BCUT2D eigenvalue weighted by atomic mass is 16.2. The lowest BCUT2D eigenvalue weighted by Crippen LogP contribution is -2.28. The molecule has 0 rings (SSSR count). The molecule has 94 valence electrons. The van der Waals surface area contributed by atoms with Gasteiger partial charge in [0, 0.05) is 19.2 Å². The summed E-state index contributed by atoms with van der Waals surface area (Å²) >= 11 is 0. The minimum atomic E-state index is 0.231. The van der Waals surface area contributed by atoms with Crippen LogP contribution in [0.3, 0.4) is 0 Å². The Labute approximate surface area is 101 Å². The molecule has 0 spiro atoms. The topological polar surface area (TPSA) is 20.3 Å². The second-order valence-corrected chi connectivity index (χ2v) is 4.25. The molecule has 0 bridgehead atoms. The zero-order chi connectivity index (χ0) is 12.6. The fraction of sp³-hybridized carbons (Fsp3) is 0.786. The molecule has 0 aliphatic carbocycles. The average Bonchev–Trinajstić information content (AvgIpc) is 2.31. The van der Waals surface area contributed by atoms with Crippen molar-refractivity contribution in [3.05, 3.63) is 11.1 Å². The van der Waals surface area contributed by atoms with Gasteiger partial charge in [0.15, 0.2) is 0 Å². The summed E-state index contributed by atoms with van der Waals surface area (Å²) in [6.45, 7) is 9.27. The lowest BCUT2D eigenvalue weighted by molar-refractivity contribution is -0.125. The van der Waals surface area contributed by atoms with Crippen LogP contribution in [0.2, 0.25) is 0 Å². The Bertz CT molecular complexity index is 243. The van der Waals surface area contributed by atoms with Gasteiger partial charge in [-0.1, -0.05) is 39.2 Å². The van der Waals surface area contributed by atoms with Crippen molar-refractivity contribution in [1.29, 1.82) is 0 Å². The lowest BCUT2D eigenvalue weighted by atomic mass is 9.96. The average molecular weight is 225 g/mol. The summed E-state index contributed by atoms with van der Waals surface area (Å²) in [6.07, 6.45) is 5.17. The molecular weight excluding hydrogens is 198 g/mol. The molecule has 0 N–H and O–H groups in total. The van der Waals surface area contributed by atoms with E-state index < -0.39 is 0 Å². The van der Waals surface area contributed by atoms with Gasteiger partial charge in [0.25, 0.3) is 0 Å². The summed E-state index contributed by atoms with van der Waals surface area (Å²) in [5.74, 6) is 0.231. The van der Waals surface area contributed by atoms with Crippen molar-refractivity contribution in [2.24, 2.45) is 0 Å². The van der Waals surface area contributed by atoms with Crippen molar-refractivity contribution in [2.45, 2.75) is 59.8 Å². The molecule has 0 unspecified atom stereocenters. The molecule has 16 heavy (non-hydrogen) atoms. The van der Waals surface area contributed by atoms with Crippen LogP contribution in [0.4, 0.5) is 0 Å². The molecule has 2 heteroatoms. The van der Waals surface area contributed by atoms with E-state index in [2.05, 4.69) is 20.8 Å². The van der Waals surface area contributed by atoms with Crippen LogP contribution < -0.4 is 0 Å². The summed E-state index contributed by atoms with van der Waals surface area (Å²) in [5, 5.41) is 0. The van der Waals surface area contributed by atoms with E-state index in [4.69, 9.17) is 0 Å². The van der Waals surface area contributed by atoms with Gasteiger partial charge in [-0.2, -0.15) is 0 Å². The van der Waals surface area contributed by atoms with Gasteiger partial charge >= 0.3 is 0 Å². The first-order valence-electron chi connectivity index (χ1n) is 6.58. The second-order valence-electron chi connectivity index (χ2n) is 4.25. The molecule has 0 aliphatic rings. The number of likely N-dealkylation sites (N-methyl/N-ethyl adjacent to an activating group) is 1. The Kier molecular flexibility index (Phi) is 7.96. The predicted octanol–water partition coefficient (Wildman–Crippen LogP) is 3.77. The molecule has 0 saturated heterocycles. The molecule has 1 amide bonds. The van der Waals surface area contributed by atoms with Gasteiger partial charge in [-0.05, 0) is 26.2 Å². The van der Waals surface area contributed by atoms with Gasteiger partial charge in [-0.3, -0.25) is 4.79 Å². The largest absolute Gasteiger partial charge is 0.342 e. The van der Waals surface area contributed by atoms with E-state index in [0.29, 0.717) is 0 Å². The summed E-state index contributed by atoms with van der Waals surface area (Å²) < 4.78 is 0. The van der Waals surface area contributed by atoms with Gasteiger partial charge in [0.1, 0.15) is 0 Å². The summed E-state index contributed by atoms with van der Waals surface area (Å²) in [6, 6.07) is 0. The molecule has 0 aliphatic heterocycles. The van der Waals surface area contributed by atoms with E-state index in [9.17, 15) is 4.79 Å². The van der Waals surface area contributed by atoms with Crippen molar-refractivity contribution in [3.63, 3.8) is 0 Å². The summed E-state index contributed by atoms with van der Waals surface area (Å²) in [7, 11) is 1.89. The third-order valence-corrected chi connectivity index (χ3v) is 2.98. The molecule has 2 nitrogen and oxygen atoms in total. The minimum Gasteiger partial charge on any atom is -0.342 e. The Morgan fingerprint density at radius 2 is 1.56 bits per heavy atom. The van der Waals surface area contributed by atoms with E-state index in [1.165, 1.54) is 5.57 Å². The Morgan fingerprint density at radius 3 is 1.94 bits per heavy atom. The number of hydrogen-bond acceptors (Lipinski definition) is 1. The van der Waals surface area contributed by atoms with Gasteiger partial charge in [-0.25, -0.2) is 0 Å². The van der Waals surface area contributed by atoms with E-state index in [1.807, 2.05) is 18.9 Å². The molecular formula is C14H27NO. The van der Waals surface area contributed by atoms with Crippen molar-refractivity contribution in [1.82, 2.24) is 4.90 Å². The minimum absolute atomic E-state index is 0.231. The molecule has 0 aromatic heterocycles. The van der Waals surface area contributed by atoms with Crippen molar-refractivity contribution < 1.29 is 4.79 Å². The Balaban J connectivity index is 5.00. The van der Waals surface area contributed by atoms with Crippen LogP contribution in [0, 0.1) is 0 Å². The van der Waals surface area contributed by atoms with Gasteiger partial charge < -0.3 is 4.90 Å². The molecule has 0 aromatic rings. The molecule has 0 heterocycles. The number of hydrogen-bond donors (Lipinski definition) is 0. The third-order valence-electron chi connectivity index (χ3n) is 2.98. The van der Waals surface area contributed by atoms with Crippen LogP contribution in [0.25, 0.3) is 0 Å². The van der Waals surface area contributed by atoms with Crippen molar-refractivity contribution in [3.8, 4) is 0 Å². The van der Waals surface area contributed by atoms with Crippen LogP contribution in [0.15, 0.2) is 11.1 Å². The van der Waals surface area contributed by atoms with Crippen LogP contribution in [0.1, 0.15) is 59.8 Å². The molecule has 0 atom stereocenters. The van der Waals surface area contributed by atoms with E-state index in [-0.39, 0.29) is 5.91 Å². The van der Waals surface area contributed by atoms with Crippen LogP contribution in [0.5, 0.6) is 0 Å². The van der Waals surface area contributed by atoms with E-state index >= 15 is 0 Å². The van der Waals surface area contributed by atoms with E-state index in [1.54, 1.807) is 0 Å². The molecule has 0 aromatic carbocycles. The maximum Gasteiger partial charge on any atom is 0.249 e. The fourth-order valence-electron chi connectivity index (χ4n) is 1.90. The normalized spacial score (nSPS) is 12.3. The first-order chi connectivity index (χ1) is 7.62. The highest BCUT2D eigenvalue weighted by Gasteiger charge is 2.16. The van der Waals surface area contributed by atoms with Crippen LogP contribution >= 0.6 is 0 Å². The molecule has 0 saturated carbocycles. The quantitative estimate of drug-likeness (QED) is 0.604. The van der Waals surface area contributed by atoms with Gasteiger partial charge in [0.05, 0.1) is 0 Å². The zero-order valence-corrected chi connectivity index (χ0v) is 11.6. The van der Waals surface area contributed by atoms with E-state index in [0.717, 1.165) is 44.2 Å². The van der Waals surface area contributed by atoms with Crippen LogP contribution in [-0.2, 0) is 4.79 Å². The zero-order valence-electron chi connectivity index (χ0n) is 11.6. The maximum atomic E-state index is 12.2. The Hall–Kier alpha value is -0.790. The first-order valence-corrected chi connectivity index (χ1v) is 6.58. The number of rotatable bonds is 7. The third kappa shape index (κ3) is 4.38. The number of nitrogens with zero attached hydrogens (tertiary/aromatic N) is 1. The SMILES string of the molecule is CCCC(CC)=C(CCC)C(=O)N(C)CC. The van der Waals surface area contributed by atoms with Gasteiger partial charge in [-0.15, -0.1) is 0 Å². The monoisotopic (exact) mass is 225 g/mol. The number of allylic oxidation sites excluding steroid dienone is 1. The maximum absolute atomic E-state index is 12.2. The lowest BCUT2D eigenvalue weighted by Gasteiger charge is -2.19. The first kappa shape index (κ1) is 15.2. The summed E-state index contributed by atoms with van der Waals surface area (Å²) in [4.78, 5) is 14.0. The van der Waals surface area contributed by atoms with Crippen LogP contribution in [-0.4, -0.2) is 24.4 Å². The number of carbonyl (C=O) groups excluding carboxylic acids is 1. The van der Waals surface area contributed by atoms with Crippen molar-refractivity contribution in [2.75, 3.05) is 13.6 Å². The summed E-state index contributed by atoms with van der Waals surface area (Å²) in [5.41, 5.74) is 2.42. The standard InChI is InChI=1S/C14H27NO/c1-6-10-12(8-3)13(11-7-2)14(16)15(5)9-4/h6-11H2,1-5H3. The predicted molar refractivity (Wildman–Crippen MR) is 70.4 cm³/mol. The highest BCUT2D eigenvalue weighted by molar-refractivity contribution is 5.94. The second kappa shape index (κ2) is 8.37. The number of amides is 1. The van der Waals surface area contributed by atoms with Gasteiger partial charge in [0.2, 0.25) is 5.91 Å². The molecule has 0 radical (unpaired) electrons. The fourth-order valence-corrected chi connectivity index (χ4v) is 1.90. The molecule has 0 fully saturated rings.